The summed E-state index contributed by atoms with van der Waals surface area (Å²) in [5.74, 6) is -0.688. The van der Waals surface area contributed by atoms with Gasteiger partial charge in [-0.15, -0.1) is 0 Å². The van der Waals surface area contributed by atoms with Crippen LogP contribution >= 0.6 is 0 Å². The molecule has 1 unspecified atom stereocenters. The van der Waals surface area contributed by atoms with Gasteiger partial charge in [-0.3, -0.25) is 14.9 Å². The number of rotatable bonds is 11. The van der Waals surface area contributed by atoms with E-state index in [1.54, 1.807) is 30.5 Å². The van der Waals surface area contributed by atoms with Crippen LogP contribution in [0.5, 0.6) is 17.2 Å². The van der Waals surface area contributed by atoms with E-state index >= 15 is 0 Å². The van der Waals surface area contributed by atoms with Gasteiger partial charge in [0.15, 0.2) is 5.75 Å². The van der Waals surface area contributed by atoms with Crippen LogP contribution in [0.3, 0.4) is 0 Å². The van der Waals surface area contributed by atoms with Crippen LogP contribution in [0.25, 0.3) is 11.0 Å². The Morgan fingerprint density at radius 2 is 2.00 bits per heavy atom. The number of nitro benzene ring substituents is 1. The van der Waals surface area contributed by atoms with Crippen molar-refractivity contribution in [3.05, 3.63) is 82.7 Å². The minimum absolute atomic E-state index is 0.0174. The van der Waals surface area contributed by atoms with Crippen LogP contribution in [0.1, 0.15) is 16.8 Å². The van der Waals surface area contributed by atoms with Crippen LogP contribution in [-0.4, -0.2) is 61.7 Å². The first kappa shape index (κ1) is 27.1. The van der Waals surface area contributed by atoms with E-state index in [9.17, 15) is 23.3 Å². The molecule has 1 fully saturated rings. The van der Waals surface area contributed by atoms with Crippen LogP contribution in [0, 0.1) is 10.1 Å². The van der Waals surface area contributed by atoms with Crippen molar-refractivity contribution in [1.82, 2.24) is 14.7 Å². The average Bonchev–Trinajstić information content (AvgIpc) is 3.63. The normalized spacial score (nSPS) is 15.2. The van der Waals surface area contributed by atoms with Gasteiger partial charge in [0.1, 0.15) is 23.8 Å². The summed E-state index contributed by atoms with van der Waals surface area (Å²) >= 11 is 0. The van der Waals surface area contributed by atoms with Crippen molar-refractivity contribution in [3.8, 4) is 17.2 Å². The van der Waals surface area contributed by atoms with Crippen molar-refractivity contribution in [2.45, 2.75) is 17.4 Å². The fourth-order valence-electron chi connectivity index (χ4n) is 4.02. The van der Waals surface area contributed by atoms with Crippen LogP contribution in [-0.2, 0) is 19.5 Å². The lowest BCUT2D eigenvalue weighted by Crippen LogP contribution is -2.30. The third-order valence-corrected chi connectivity index (χ3v) is 7.31. The van der Waals surface area contributed by atoms with E-state index in [-0.39, 0.29) is 36.4 Å². The van der Waals surface area contributed by atoms with E-state index in [0.29, 0.717) is 24.6 Å². The topological polar surface area (TPSA) is 172 Å². The molecule has 5 rings (SSSR count). The highest BCUT2D eigenvalue weighted by molar-refractivity contribution is 7.90. The molecule has 0 radical (unpaired) electrons. The van der Waals surface area contributed by atoms with Crippen molar-refractivity contribution in [2.24, 2.45) is 0 Å². The molecule has 2 aromatic heterocycles. The first-order valence-corrected chi connectivity index (χ1v) is 13.7. The number of ether oxygens (including phenoxy) is 4. The molecule has 0 bridgehead atoms. The van der Waals surface area contributed by atoms with E-state index in [1.807, 2.05) is 4.72 Å². The third kappa shape index (κ3) is 6.20. The number of carbonyl (C=O) groups is 1. The molecule has 2 aromatic carbocycles. The maximum Gasteiger partial charge on any atom is 0.312 e. The average molecular weight is 569 g/mol. The van der Waals surface area contributed by atoms with Crippen LogP contribution in [0.4, 0.5) is 5.69 Å². The van der Waals surface area contributed by atoms with E-state index < -0.39 is 31.4 Å². The van der Waals surface area contributed by atoms with Crippen molar-refractivity contribution >= 4 is 32.7 Å². The van der Waals surface area contributed by atoms with Gasteiger partial charge in [0.05, 0.1) is 40.9 Å². The summed E-state index contributed by atoms with van der Waals surface area (Å²) < 4.78 is 50.0. The molecule has 1 atom stereocenters. The second-order valence-electron chi connectivity index (χ2n) is 8.71. The van der Waals surface area contributed by atoms with Gasteiger partial charge in [-0.1, -0.05) is 12.1 Å². The summed E-state index contributed by atoms with van der Waals surface area (Å²) in [6.45, 7) is 1.29. The number of hydrogen-bond acceptors (Lipinski definition) is 10. The molecule has 208 valence electrons. The number of nitrogens with zero attached hydrogens (tertiary/aromatic N) is 2. The predicted molar refractivity (Wildman–Crippen MR) is 141 cm³/mol. The molecule has 2 N–H and O–H groups in total. The highest BCUT2D eigenvalue weighted by Crippen LogP contribution is 2.31. The Balaban J connectivity index is 1.29. The first-order chi connectivity index (χ1) is 19.3. The summed E-state index contributed by atoms with van der Waals surface area (Å²) in [6, 6.07) is 12.7. The van der Waals surface area contributed by atoms with E-state index in [2.05, 4.69) is 9.97 Å². The highest BCUT2D eigenvalue weighted by atomic mass is 32.2. The molecule has 1 saturated heterocycles. The molecule has 0 spiro atoms. The number of pyridine rings is 1. The fourth-order valence-corrected chi connectivity index (χ4v) is 5.01. The molecule has 1 aliphatic heterocycles. The number of carbonyl (C=O) groups excluding carboxylic acids is 1. The molecule has 1 amide bonds. The Hall–Kier alpha value is -4.53. The number of hydrogen-bond donors (Lipinski definition) is 2. The van der Waals surface area contributed by atoms with E-state index in [4.69, 9.17) is 18.9 Å². The maximum absolute atomic E-state index is 13.0. The van der Waals surface area contributed by atoms with Gasteiger partial charge in [0, 0.05) is 24.3 Å². The molecule has 3 heterocycles. The number of nitrogens with one attached hydrogen (secondary N) is 2. The Morgan fingerprint density at radius 3 is 2.80 bits per heavy atom. The summed E-state index contributed by atoms with van der Waals surface area (Å²) in [4.78, 5) is 30.6. The molecular formula is C26H24N4O9S. The van der Waals surface area contributed by atoms with Crippen molar-refractivity contribution in [2.75, 3.05) is 26.4 Å². The number of benzene rings is 2. The number of para-hydroxylation sites is 1. The van der Waals surface area contributed by atoms with Gasteiger partial charge < -0.3 is 23.9 Å². The van der Waals surface area contributed by atoms with Crippen LogP contribution < -0.4 is 14.2 Å². The summed E-state index contributed by atoms with van der Waals surface area (Å²) in [7, 11) is -4.50. The van der Waals surface area contributed by atoms with Gasteiger partial charge in [0.2, 0.25) is 0 Å². The number of H-pyrrole nitrogens is 1. The highest BCUT2D eigenvalue weighted by Gasteiger charge is 2.26. The minimum Gasteiger partial charge on any atom is -0.484 e. The van der Waals surface area contributed by atoms with Crippen molar-refractivity contribution in [1.29, 1.82) is 0 Å². The maximum atomic E-state index is 13.0. The SMILES string of the molecule is O=C(NS(=O)(=O)c1ccc(OCCOC2CCOC2)c([N+](=O)[O-])c1)c1ccccc1Oc1cnc2[nH]ccc2c1. The number of amides is 1. The van der Waals surface area contributed by atoms with Gasteiger partial charge in [-0.25, -0.2) is 18.1 Å². The van der Waals surface area contributed by atoms with E-state index in [1.165, 1.54) is 18.3 Å². The monoisotopic (exact) mass is 568 g/mol. The lowest BCUT2D eigenvalue weighted by atomic mass is 10.2. The molecule has 14 heteroatoms. The Morgan fingerprint density at radius 1 is 1.15 bits per heavy atom. The number of aromatic amines is 1. The number of fused-ring (bicyclic) bond motifs is 1. The van der Waals surface area contributed by atoms with Crippen molar-refractivity contribution in [3.63, 3.8) is 0 Å². The smallest absolute Gasteiger partial charge is 0.312 e. The van der Waals surface area contributed by atoms with Crippen LogP contribution in [0.15, 0.2) is 71.9 Å². The number of sulfonamides is 1. The third-order valence-electron chi connectivity index (χ3n) is 5.98. The quantitative estimate of drug-likeness (QED) is 0.155. The van der Waals surface area contributed by atoms with Crippen molar-refractivity contribution < 1.29 is 37.1 Å². The minimum atomic E-state index is -4.50. The number of aromatic nitrogens is 2. The lowest BCUT2D eigenvalue weighted by molar-refractivity contribution is -0.386. The summed E-state index contributed by atoms with van der Waals surface area (Å²) in [6.07, 6.45) is 3.89. The standard InChI is InChI=1S/C26H24N4O9S/c31-26(21-3-1-2-4-23(21)39-19-13-17-7-9-27-25(17)28-15-19)29-40(34,35)20-5-6-24(22(14-20)30(32)33)38-12-11-37-18-8-10-36-16-18/h1-7,9,13-15,18H,8,10-12,16H2,(H,27,28)(H,29,31). The van der Waals surface area contributed by atoms with Gasteiger partial charge in [-0.2, -0.15) is 0 Å². The molecule has 4 aromatic rings. The number of nitro groups is 1. The molecular weight excluding hydrogens is 544 g/mol. The molecule has 0 saturated carbocycles. The van der Waals surface area contributed by atoms with Crippen LogP contribution in [0.2, 0.25) is 0 Å². The van der Waals surface area contributed by atoms with Gasteiger partial charge >= 0.3 is 5.69 Å². The summed E-state index contributed by atoms with van der Waals surface area (Å²) in [5, 5.41) is 12.4. The summed E-state index contributed by atoms with van der Waals surface area (Å²) in [5.41, 5.74) is 0.0146. The van der Waals surface area contributed by atoms with Gasteiger partial charge in [0.25, 0.3) is 15.9 Å². The second-order valence-corrected chi connectivity index (χ2v) is 10.4. The van der Waals surface area contributed by atoms with E-state index in [0.717, 1.165) is 30.0 Å². The Labute approximate surface area is 228 Å². The molecule has 0 aliphatic carbocycles. The zero-order valence-electron chi connectivity index (χ0n) is 20.9. The Kier molecular flexibility index (Phi) is 7.91. The predicted octanol–water partition coefficient (Wildman–Crippen LogP) is 3.57. The first-order valence-electron chi connectivity index (χ1n) is 12.2. The molecule has 13 nitrogen and oxygen atoms in total. The molecule has 1 aliphatic rings. The molecule has 40 heavy (non-hydrogen) atoms. The second kappa shape index (κ2) is 11.7. The largest absolute Gasteiger partial charge is 0.484 e. The zero-order chi connectivity index (χ0) is 28.1. The lowest BCUT2D eigenvalue weighted by Gasteiger charge is -2.13. The Bertz CT molecular complexity index is 1650. The fraction of sp³-hybridized carbons (Fsp3) is 0.231. The van der Waals surface area contributed by atoms with Gasteiger partial charge in [-0.05, 0) is 42.8 Å². The zero-order valence-corrected chi connectivity index (χ0v) is 21.8.